The topological polar surface area (TPSA) is 117 Å². The minimum atomic E-state index is -0.501. The molecule has 0 atom stereocenters. The molecule has 0 spiro atoms. The first kappa shape index (κ1) is 17.5. The van der Waals surface area contributed by atoms with E-state index >= 15 is 0 Å². The molecule has 10 nitrogen and oxygen atoms in total. The fraction of sp³-hybridized carbons (Fsp3) is 0.167. The van der Waals surface area contributed by atoms with E-state index in [1.807, 2.05) is 0 Å². The lowest BCUT2D eigenvalue weighted by molar-refractivity contribution is -0.116. The number of hydrogen-bond donors (Lipinski definition) is 1. The zero-order chi connectivity index (χ0) is 19.8. The van der Waals surface area contributed by atoms with Crippen LogP contribution < -0.4 is 16.6 Å². The van der Waals surface area contributed by atoms with Crippen LogP contribution in [0.4, 0.5) is 5.69 Å². The summed E-state index contributed by atoms with van der Waals surface area (Å²) in [6.45, 7) is -0.120. The number of imidazole rings is 1. The summed E-state index contributed by atoms with van der Waals surface area (Å²) >= 11 is 0. The summed E-state index contributed by atoms with van der Waals surface area (Å²) in [7, 11) is 2.91. The number of carbonyl (C=O) groups excluding carboxylic acids is 1. The van der Waals surface area contributed by atoms with Crippen LogP contribution in [0.3, 0.4) is 0 Å². The quantitative estimate of drug-likeness (QED) is 0.558. The number of hydrogen-bond acceptors (Lipinski definition) is 6. The second kappa shape index (κ2) is 6.65. The Hall–Kier alpha value is -3.95. The van der Waals surface area contributed by atoms with Crippen LogP contribution in [-0.2, 0) is 25.4 Å². The van der Waals surface area contributed by atoms with Gasteiger partial charge in [-0.05, 0) is 24.3 Å². The highest BCUT2D eigenvalue weighted by molar-refractivity contribution is 5.91. The van der Waals surface area contributed by atoms with Crippen molar-refractivity contribution in [2.45, 2.75) is 6.54 Å². The molecule has 3 heterocycles. The first-order valence-electron chi connectivity index (χ1n) is 8.36. The SMILES string of the molecule is Cn1c(=O)c2c(ncn2CC(=O)Nc2ccc(-c3ncco3)cc2)n(C)c1=O. The molecule has 0 radical (unpaired) electrons. The molecule has 1 aromatic carbocycles. The average Bonchev–Trinajstić information content (AvgIpc) is 3.35. The summed E-state index contributed by atoms with van der Waals surface area (Å²) in [5.41, 5.74) is 0.824. The maximum absolute atomic E-state index is 12.4. The number of aryl methyl sites for hydroxylation is 1. The molecule has 4 aromatic rings. The monoisotopic (exact) mass is 380 g/mol. The van der Waals surface area contributed by atoms with E-state index in [0.29, 0.717) is 11.6 Å². The van der Waals surface area contributed by atoms with Gasteiger partial charge in [0.2, 0.25) is 11.8 Å². The molecular formula is C18H16N6O4. The number of oxazole rings is 1. The van der Waals surface area contributed by atoms with Crippen LogP contribution in [0.5, 0.6) is 0 Å². The largest absolute Gasteiger partial charge is 0.445 e. The Balaban J connectivity index is 1.56. The number of aromatic nitrogens is 5. The zero-order valence-corrected chi connectivity index (χ0v) is 15.1. The molecule has 142 valence electrons. The van der Waals surface area contributed by atoms with E-state index in [2.05, 4.69) is 15.3 Å². The van der Waals surface area contributed by atoms with E-state index < -0.39 is 11.2 Å². The van der Waals surface area contributed by atoms with Crippen molar-refractivity contribution in [1.29, 1.82) is 0 Å². The minimum Gasteiger partial charge on any atom is -0.445 e. The maximum atomic E-state index is 12.4. The Kier molecular flexibility index (Phi) is 4.15. The fourth-order valence-electron chi connectivity index (χ4n) is 2.93. The van der Waals surface area contributed by atoms with E-state index in [1.54, 1.807) is 30.5 Å². The van der Waals surface area contributed by atoms with Crippen molar-refractivity contribution >= 4 is 22.8 Å². The van der Waals surface area contributed by atoms with Crippen LogP contribution in [0.2, 0.25) is 0 Å². The maximum Gasteiger partial charge on any atom is 0.332 e. The van der Waals surface area contributed by atoms with Gasteiger partial charge in [0, 0.05) is 25.3 Å². The molecule has 0 unspecified atom stereocenters. The molecule has 3 aromatic heterocycles. The number of benzene rings is 1. The van der Waals surface area contributed by atoms with Crippen molar-refractivity contribution in [2.75, 3.05) is 5.32 Å². The van der Waals surface area contributed by atoms with Crippen molar-refractivity contribution in [3.8, 4) is 11.5 Å². The molecule has 1 amide bonds. The first-order chi connectivity index (χ1) is 13.5. The Morgan fingerprint density at radius 2 is 1.86 bits per heavy atom. The van der Waals surface area contributed by atoms with Gasteiger partial charge in [-0.25, -0.2) is 14.8 Å². The third kappa shape index (κ3) is 2.90. The van der Waals surface area contributed by atoms with Gasteiger partial charge in [-0.1, -0.05) is 0 Å². The van der Waals surface area contributed by atoms with Gasteiger partial charge in [-0.2, -0.15) is 0 Å². The van der Waals surface area contributed by atoms with Gasteiger partial charge in [-0.3, -0.25) is 18.7 Å². The lowest BCUT2D eigenvalue weighted by atomic mass is 10.2. The molecule has 0 saturated carbocycles. The molecule has 1 N–H and O–H groups in total. The Labute approximate surface area is 157 Å². The Bertz CT molecular complexity index is 1280. The van der Waals surface area contributed by atoms with E-state index in [-0.39, 0.29) is 23.6 Å². The summed E-state index contributed by atoms with van der Waals surface area (Å²) in [6, 6.07) is 7.01. The second-order valence-corrected chi connectivity index (χ2v) is 6.21. The van der Waals surface area contributed by atoms with Gasteiger partial charge in [0.05, 0.1) is 12.5 Å². The normalized spacial score (nSPS) is 11.1. The van der Waals surface area contributed by atoms with Crippen molar-refractivity contribution in [2.24, 2.45) is 14.1 Å². The van der Waals surface area contributed by atoms with Gasteiger partial charge in [0.25, 0.3) is 5.56 Å². The molecular weight excluding hydrogens is 364 g/mol. The molecule has 0 aliphatic carbocycles. The molecule has 0 bridgehead atoms. The molecule has 28 heavy (non-hydrogen) atoms. The van der Waals surface area contributed by atoms with Crippen molar-refractivity contribution < 1.29 is 9.21 Å². The zero-order valence-electron chi connectivity index (χ0n) is 15.1. The summed E-state index contributed by atoms with van der Waals surface area (Å²) < 4.78 is 8.91. The fourth-order valence-corrected chi connectivity index (χ4v) is 2.93. The van der Waals surface area contributed by atoms with Gasteiger partial charge < -0.3 is 14.3 Å². The third-order valence-corrected chi connectivity index (χ3v) is 4.38. The number of nitrogens with zero attached hydrogens (tertiary/aromatic N) is 5. The van der Waals surface area contributed by atoms with Crippen LogP contribution >= 0.6 is 0 Å². The van der Waals surface area contributed by atoms with Gasteiger partial charge in [0.15, 0.2) is 11.2 Å². The van der Waals surface area contributed by atoms with E-state index in [0.717, 1.165) is 10.1 Å². The molecule has 0 saturated heterocycles. The van der Waals surface area contributed by atoms with Crippen molar-refractivity contribution in [3.63, 3.8) is 0 Å². The summed E-state index contributed by atoms with van der Waals surface area (Å²) in [5.74, 6) is 0.156. The van der Waals surface area contributed by atoms with Crippen molar-refractivity contribution in [3.05, 3.63) is 63.9 Å². The van der Waals surface area contributed by atoms with Crippen LogP contribution in [-0.4, -0.2) is 29.6 Å². The highest BCUT2D eigenvalue weighted by Crippen LogP contribution is 2.19. The number of carbonyl (C=O) groups is 1. The third-order valence-electron chi connectivity index (χ3n) is 4.38. The number of anilines is 1. The second-order valence-electron chi connectivity index (χ2n) is 6.21. The summed E-state index contributed by atoms with van der Waals surface area (Å²) in [5, 5.41) is 2.76. The van der Waals surface area contributed by atoms with E-state index in [4.69, 9.17) is 4.42 Å². The van der Waals surface area contributed by atoms with Gasteiger partial charge in [0.1, 0.15) is 12.8 Å². The lowest BCUT2D eigenvalue weighted by Crippen LogP contribution is -2.37. The predicted molar refractivity (Wildman–Crippen MR) is 101 cm³/mol. The van der Waals surface area contributed by atoms with Gasteiger partial charge in [-0.15, -0.1) is 0 Å². The highest BCUT2D eigenvalue weighted by atomic mass is 16.3. The Morgan fingerprint density at radius 1 is 1.11 bits per heavy atom. The average molecular weight is 380 g/mol. The summed E-state index contributed by atoms with van der Waals surface area (Å²) in [4.78, 5) is 45.0. The molecule has 0 aliphatic rings. The summed E-state index contributed by atoms with van der Waals surface area (Å²) in [6.07, 6.45) is 4.41. The van der Waals surface area contributed by atoms with Crippen LogP contribution in [0, 0.1) is 0 Å². The molecule has 0 aliphatic heterocycles. The highest BCUT2D eigenvalue weighted by Gasteiger charge is 2.16. The number of rotatable bonds is 4. The molecule has 0 fully saturated rings. The Morgan fingerprint density at radius 3 is 2.54 bits per heavy atom. The predicted octanol–water partition coefficient (Wildman–Crippen LogP) is 0.727. The van der Waals surface area contributed by atoms with Gasteiger partial charge >= 0.3 is 5.69 Å². The lowest BCUT2D eigenvalue weighted by Gasteiger charge is -2.08. The van der Waals surface area contributed by atoms with E-state index in [1.165, 1.54) is 35.8 Å². The van der Waals surface area contributed by atoms with E-state index in [9.17, 15) is 14.4 Å². The number of amides is 1. The van der Waals surface area contributed by atoms with Crippen molar-refractivity contribution in [1.82, 2.24) is 23.7 Å². The van der Waals surface area contributed by atoms with Crippen LogP contribution in [0.1, 0.15) is 0 Å². The first-order valence-corrected chi connectivity index (χ1v) is 8.36. The standard InChI is InChI=1S/C18H16N6O4/c1-22-15-14(17(26)23(2)18(22)27)24(10-20-15)9-13(25)21-12-5-3-11(4-6-12)16-19-7-8-28-16/h3-8,10H,9H2,1-2H3,(H,21,25). The smallest absolute Gasteiger partial charge is 0.332 e. The van der Waals surface area contributed by atoms with Crippen LogP contribution in [0.15, 0.2) is 57.1 Å². The number of nitrogens with one attached hydrogen (secondary N) is 1. The molecule has 4 rings (SSSR count). The number of fused-ring (bicyclic) bond motifs is 1. The van der Waals surface area contributed by atoms with Crippen LogP contribution in [0.25, 0.3) is 22.6 Å². The minimum absolute atomic E-state index is 0.120. The molecule has 10 heteroatoms.